The van der Waals surface area contributed by atoms with Crippen LogP contribution in [-0.2, 0) is 6.54 Å². The van der Waals surface area contributed by atoms with Gasteiger partial charge >= 0.3 is 0 Å². The third kappa shape index (κ3) is 2.93. The van der Waals surface area contributed by atoms with Crippen molar-refractivity contribution >= 4 is 31.9 Å². The fourth-order valence-electron chi connectivity index (χ4n) is 1.42. The number of aromatic nitrogens is 3. The number of rotatable bonds is 3. The second kappa shape index (κ2) is 5.27. The lowest BCUT2D eigenvalue weighted by atomic mass is 10.2. The molecular formula is C11H10Br2FN3. The molecule has 1 aromatic heterocycles. The van der Waals surface area contributed by atoms with Gasteiger partial charge in [-0.05, 0) is 34.5 Å². The zero-order valence-electron chi connectivity index (χ0n) is 9.07. The highest BCUT2D eigenvalue weighted by atomic mass is 79.9. The number of halogens is 3. The highest BCUT2D eigenvalue weighted by Crippen LogP contribution is 2.22. The summed E-state index contributed by atoms with van der Waals surface area (Å²) in [6, 6.07) is 4.95. The van der Waals surface area contributed by atoms with E-state index in [-0.39, 0.29) is 10.6 Å². The summed E-state index contributed by atoms with van der Waals surface area (Å²) in [5.41, 5.74) is 1.70. The lowest BCUT2D eigenvalue weighted by Gasteiger charge is -2.04. The van der Waals surface area contributed by atoms with Gasteiger partial charge in [-0.1, -0.05) is 33.3 Å². The molecule has 0 saturated heterocycles. The summed E-state index contributed by atoms with van der Waals surface area (Å²) in [6.45, 7) is 2.47. The van der Waals surface area contributed by atoms with Crippen LogP contribution in [0.3, 0.4) is 0 Å². The summed E-state index contributed by atoms with van der Waals surface area (Å²) in [5, 5.41) is 8.02. The molecule has 90 valence electrons. The molecule has 0 amide bonds. The summed E-state index contributed by atoms with van der Waals surface area (Å²) in [7, 11) is 0. The number of hydrogen-bond acceptors (Lipinski definition) is 2. The molecular weight excluding hydrogens is 353 g/mol. The topological polar surface area (TPSA) is 30.7 Å². The van der Waals surface area contributed by atoms with E-state index in [4.69, 9.17) is 0 Å². The maximum Gasteiger partial charge on any atom is 0.137 e. The summed E-state index contributed by atoms with van der Waals surface area (Å²) in [6.07, 6.45) is 1.84. The van der Waals surface area contributed by atoms with Gasteiger partial charge in [0.2, 0.25) is 0 Å². The third-order valence-corrected chi connectivity index (χ3v) is 3.68. The van der Waals surface area contributed by atoms with Gasteiger partial charge in [0.15, 0.2) is 0 Å². The quantitative estimate of drug-likeness (QED) is 0.779. The van der Waals surface area contributed by atoms with E-state index in [2.05, 4.69) is 42.2 Å². The first-order valence-electron chi connectivity index (χ1n) is 5.05. The molecule has 1 unspecified atom stereocenters. The third-order valence-electron chi connectivity index (χ3n) is 2.33. The van der Waals surface area contributed by atoms with Crippen LogP contribution in [0.5, 0.6) is 0 Å². The molecule has 0 radical (unpaired) electrons. The zero-order chi connectivity index (χ0) is 12.4. The van der Waals surface area contributed by atoms with E-state index in [1.54, 1.807) is 10.7 Å². The maximum atomic E-state index is 13.3. The minimum Gasteiger partial charge on any atom is -0.248 e. The standard InChI is InChI=1S/C11H10Br2FN3/c1-7(12)10-6-17(16-15-10)5-8-3-2-4-9(14)11(8)13/h2-4,6-7H,5H2,1H3. The first-order valence-corrected chi connectivity index (χ1v) is 6.76. The van der Waals surface area contributed by atoms with E-state index < -0.39 is 0 Å². The van der Waals surface area contributed by atoms with Crippen LogP contribution in [0.15, 0.2) is 28.9 Å². The Hall–Kier alpha value is -0.750. The van der Waals surface area contributed by atoms with Crippen molar-refractivity contribution in [3.05, 3.63) is 45.9 Å². The van der Waals surface area contributed by atoms with Gasteiger partial charge in [-0.3, -0.25) is 0 Å². The van der Waals surface area contributed by atoms with E-state index in [0.29, 0.717) is 11.0 Å². The van der Waals surface area contributed by atoms with Gasteiger partial charge in [-0.2, -0.15) is 0 Å². The molecule has 0 saturated carbocycles. The molecule has 0 spiro atoms. The molecule has 3 nitrogen and oxygen atoms in total. The van der Waals surface area contributed by atoms with Crippen molar-refractivity contribution in [1.82, 2.24) is 15.0 Å². The average Bonchev–Trinajstić information content (AvgIpc) is 2.73. The minimum absolute atomic E-state index is 0.159. The van der Waals surface area contributed by atoms with Crippen LogP contribution in [0, 0.1) is 5.82 Å². The summed E-state index contributed by atoms with van der Waals surface area (Å²) in [5.74, 6) is -0.267. The van der Waals surface area contributed by atoms with Crippen LogP contribution in [0.25, 0.3) is 0 Å². The van der Waals surface area contributed by atoms with Crippen LogP contribution in [-0.4, -0.2) is 15.0 Å². The molecule has 0 aliphatic heterocycles. The second-order valence-electron chi connectivity index (χ2n) is 3.67. The fraction of sp³-hybridized carbons (Fsp3) is 0.273. The van der Waals surface area contributed by atoms with Gasteiger partial charge < -0.3 is 0 Å². The van der Waals surface area contributed by atoms with E-state index >= 15 is 0 Å². The molecule has 0 bridgehead atoms. The Balaban J connectivity index is 2.22. The van der Waals surface area contributed by atoms with Gasteiger partial charge in [-0.15, -0.1) is 5.10 Å². The lowest BCUT2D eigenvalue weighted by Crippen LogP contribution is -2.02. The maximum absolute atomic E-state index is 13.3. The second-order valence-corrected chi connectivity index (χ2v) is 5.84. The SMILES string of the molecule is CC(Br)c1cn(Cc2cccc(F)c2Br)nn1. The Morgan fingerprint density at radius 2 is 2.24 bits per heavy atom. The molecule has 0 aliphatic rings. The van der Waals surface area contributed by atoms with Crippen molar-refractivity contribution < 1.29 is 4.39 Å². The predicted octanol–water partition coefficient (Wildman–Crippen LogP) is 3.68. The monoisotopic (exact) mass is 361 g/mol. The molecule has 17 heavy (non-hydrogen) atoms. The van der Waals surface area contributed by atoms with E-state index in [1.807, 2.05) is 19.2 Å². The Bertz CT molecular complexity index is 525. The molecule has 2 aromatic rings. The zero-order valence-corrected chi connectivity index (χ0v) is 12.2. The summed E-state index contributed by atoms with van der Waals surface area (Å²) < 4.78 is 15.5. The van der Waals surface area contributed by atoms with Crippen molar-refractivity contribution in [1.29, 1.82) is 0 Å². The normalized spacial score (nSPS) is 12.7. The number of nitrogens with zero attached hydrogens (tertiary/aromatic N) is 3. The highest BCUT2D eigenvalue weighted by molar-refractivity contribution is 9.10. The number of alkyl halides is 1. The van der Waals surface area contributed by atoms with E-state index in [1.165, 1.54) is 6.07 Å². The first kappa shape index (κ1) is 12.7. The van der Waals surface area contributed by atoms with Gasteiger partial charge in [-0.25, -0.2) is 9.07 Å². The van der Waals surface area contributed by atoms with Crippen LogP contribution in [0.2, 0.25) is 0 Å². The van der Waals surface area contributed by atoms with E-state index in [0.717, 1.165) is 11.3 Å². The van der Waals surface area contributed by atoms with Crippen molar-refractivity contribution in [2.45, 2.75) is 18.3 Å². The summed E-state index contributed by atoms with van der Waals surface area (Å²) >= 11 is 6.65. The van der Waals surface area contributed by atoms with Crippen molar-refractivity contribution in [3.63, 3.8) is 0 Å². The minimum atomic E-state index is -0.267. The van der Waals surface area contributed by atoms with Crippen molar-refractivity contribution in [3.8, 4) is 0 Å². The van der Waals surface area contributed by atoms with Gasteiger partial charge in [0, 0.05) is 6.20 Å². The smallest absolute Gasteiger partial charge is 0.137 e. The molecule has 0 N–H and O–H groups in total. The molecule has 1 atom stereocenters. The Morgan fingerprint density at radius 1 is 1.47 bits per heavy atom. The van der Waals surface area contributed by atoms with E-state index in [9.17, 15) is 4.39 Å². The van der Waals surface area contributed by atoms with Crippen LogP contribution in [0.1, 0.15) is 23.0 Å². The number of benzene rings is 1. The molecule has 0 fully saturated rings. The van der Waals surface area contributed by atoms with Crippen molar-refractivity contribution in [2.24, 2.45) is 0 Å². The Morgan fingerprint density at radius 3 is 2.88 bits per heavy atom. The van der Waals surface area contributed by atoms with Gasteiger partial charge in [0.25, 0.3) is 0 Å². The van der Waals surface area contributed by atoms with Crippen LogP contribution < -0.4 is 0 Å². The molecule has 6 heteroatoms. The first-order chi connectivity index (χ1) is 8.08. The van der Waals surface area contributed by atoms with Crippen molar-refractivity contribution in [2.75, 3.05) is 0 Å². The van der Waals surface area contributed by atoms with Crippen LogP contribution >= 0.6 is 31.9 Å². The molecule has 1 heterocycles. The lowest BCUT2D eigenvalue weighted by molar-refractivity contribution is 0.606. The Labute approximate surface area is 115 Å². The van der Waals surface area contributed by atoms with Gasteiger partial charge in [0.1, 0.15) is 5.82 Å². The molecule has 1 aromatic carbocycles. The Kier molecular flexibility index (Phi) is 3.93. The predicted molar refractivity (Wildman–Crippen MR) is 70.6 cm³/mol. The number of hydrogen-bond donors (Lipinski definition) is 0. The molecule has 0 aliphatic carbocycles. The van der Waals surface area contributed by atoms with Crippen LogP contribution in [0.4, 0.5) is 4.39 Å². The average molecular weight is 363 g/mol. The largest absolute Gasteiger partial charge is 0.248 e. The van der Waals surface area contributed by atoms with Gasteiger partial charge in [0.05, 0.1) is 21.5 Å². The fourth-order valence-corrected chi connectivity index (χ4v) is 2.02. The highest BCUT2D eigenvalue weighted by Gasteiger charge is 2.09. The summed E-state index contributed by atoms with van der Waals surface area (Å²) in [4.78, 5) is 0.159. The molecule has 2 rings (SSSR count).